The molecule has 2 aliphatic heterocycles. The van der Waals surface area contributed by atoms with E-state index in [1.807, 2.05) is 11.8 Å². The van der Waals surface area contributed by atoms with Crippen LogP contribution < -0.4 is 0 Å². The average molecular weight is 398 g/mol. The molecule has 2 aromatic carbocycles. The van der Waals surface area contributed by atoms with E-state index >= 15 is 0 Å². The molecule has 0 aliphatic carbocycles. The zero-order valence-electron chi connectivity index (χ0n) is 16.3. The maximum atomic E-state index is 5.62. The predicted molar refractivity (Wildman–Crippen MR) is 114 cm³/mol. The van der Waals surface area contributed by atoms with Crippen molar-refractivity contribution >= 4 is 23.3 Å². The van der Waals surface area contributed by atoms with Crippen LogP contribution >= 0.6 is 11.8 Å². The fourth-order valence-electron chi connectivity index (χ4n) is 3.53. The lowest BCUT2D eigenvalue weighted by molar-refractivity contribution is 0.0513. The highest BCUT2D eigenvalue weighted by molar-refractivity contribution is 7.99. The molecule has 6 heteroatoms. The summed E-state index contributed by atoms with van der Waals surface area (Å²) >= 11 is 1.81. The predicted octanol–water partition coefficient (Wildman–Crippen LogP) is 3.51. The van der Waals surface area contributed by atoms with Crippen LogP contribution in [0.1, 0.15) is 5.56 Å². The Morgan fingerprint density at radius 3 is 2.46 bits per heavy atom. The van der Waals surface area contributed by atoms with Crippen molar-refractivity contribution in [3.8, 4) is 0 Å². The third-order valence-corrected chi connectivity index (χ3v) is 6.24. The number of para-hydroxylation sites is 1. The second kappa shape index (κ2) is 9.56. The number of methoxy groups -OCH3 is 1. The van der Waals surface area contributed by atoms with Crippen molar-refractivity contribution in [3.63, 3.8) is 0 Å². The molecule has 0 bridgehead atoms. The van der Waals surface area contributed by atoms with E-state index in [9.17, 15) is 0 Å². The van der Waals surface area contributed by atoms with Crippen LogP contribution in [0.15, 0.2) is 63.3 Å². The zero-order valence-corrected chi connectivity index (χ0v) is 17.2. The Bertz CT molecular complexity index is 819. The number of hydrogen-bond acceptors (Lipinski definition) is 6. The molecular formula is C22H27N3O2S. The molecule has 2 heterocycles. The maximum absolute atomic E-state index is 5.62. The van der Waals surface area contributed by atoms with Crippen molar-refractivity contribution in [2.75, 3.05) is 59.7 Å². The molecule has 2 aromatic rings. The first-order valence-corrected chi connectivity index (χ1v) is 10.7. The van der Waals surface area contributed by atoms with Crippen molar-refractivity contribution in [3.05, 3.63) is 54.1 Å². The molecule has 0 aromatic heterocycles. The number of hydrogen-bond donors (Lipinski definition) is 0. The van der Waals surface area contributed by atoms with Gasteiger partial charge in [0.1, 0.15) is 5.84 Å². The molecule has 0 saturated carbocycles. The van der Waals surface area contributed by atoms with Gasteiger partial charge in [0.25, 0.3) is 0 Å². The van der Waals surface area contributed by atoms with E-state index < -0.39 is 0 Å². The summed E-state index contributed by atoms with van der Waals surface area (Å²) in [6.45, 7) is 7.09. The molecule has 1 fully saturated rings. The molecule has 0 radical (unpaired) electrons. The number of amidine groups is 1. The monoisotopic (exact) mass is 397 g/mol. The Hall–Kier alpha value is -1.86. The van der Waals surface area contributed by atoms with Gasteiger partial charge in [-0.3, -0.25) is 4.90 Å². The lowest BCUT2D eigenvalue weighted by atomic mass is 10.1. The third-order valence-electron chi connectivity index (χ3n) is 5.09. The van der Waals surface area contributed by atoms with Crippen LogP contribution in [0.25, 0.3) is 0 Å². The lowest BCUT2D eigenvalue weighted by Gasteiger charge is -2.36. The van der Waals surface area contributed by atoms with Crippen LogP contribution in [0.4, 0.5) is 5.69 Å². The quantitative estimate of drug-likeness (QED) is 0.698. The molecule has 0 amide bonds. The van der Waals surface area contributed by atoms with E-state index in [-0.39, 0.29) is 0 Å². The number of fused-ring (bicyclic) bond motifs is 2. The van der Waals surface area contributed by atoms with Crippen molar-refractivity contribution in [1.29, 1.82) is 0 Å². The molecule has 1 saturated heterocycles. The number of ether oxygens (including phenoxy) is 2. The van der Waals surface area contributed by atoms with E-state index in [4.69, 9.17) is 14.5 Å². The molecule has 5 nitrogen and oxygen atoms in total. The third kappa shape index (κ3) is 4.58. The molecule has 0 N–H and O–H groups in total. The zero-order chi connectivity index (χ0) is 19.2. The van der Waals surface area contributed by atoms with Gasteiger partial charge in [-0.25, -0.2) is 4.99 Å². The minimum atomic E-state index is 0.659. The van der Waals surface area contributed by atoms with Crippen molar-refractivity contribution in [2.24, 2.45) is 4.99 Å². The molecule has 0 spiro atoms. The standard InChI is InChI=1S/C22H27N3O2S/c1-26-16-17-27-15-14-24-10-12-25(13-11-24)22-18-6-2-4-8-20(18)28-21-9-5-3-7-19(21)23-22/h2-9H,10-17H2,1H3. The Morgan fingerprint density at radius 1 is 0.893 bits per heavy atom. The fourth-order valence-corrected chi connectivity index (χ4v) is 4.55. The van der Waals surface area contributed by atoms with Gasteiger partial charge in [-0.1, -0.05) is 42.1 Å². The van der Waals surface area contributed by atoms with Crippen LogP contribution in [0.3, 0.4) is 0 Å². The Labute approximate surface area is 171 Å². The highest BCUT2D eigenvalue weighted by atomic mass is 32.2. The van der Waals surface area contributed by atoms with Crippen molar-refractivity contribution < 1.29 is 9.47 Å². The number of benzene rings is 2. The summed E-state index contributed by atoms with van der Waals surface area (Å²) in [7, 11) is 1.70. The van der Waals surface area contributed by atoms with Gasteiger partial charge in [-0.15, -0.1) is 0 Å². The summed E-state index contributed by atoms with van der Waals surface area (Å²) in [5, 5.41) is 0. The SMILES string of the molecule is COCCOCCN1CCN(C2=Nc3ccccc3Sc3ccccc32)CC1. The van der Waals surface area contributed by atoms with E-state index in [0.717, 1.165) is 50.9 Å². The first-order chi connectivity index (χ1) is 13.8. The van der Waals surface area contributed by atoms with Crippen LogP contribution in [-0.4, -0.2) is 75.3 Å². The maximum Gasteiger partial charge on any atom is 0.137 e. The van der Waals surface area contributed by atoms with Crippen LogP contribution in [0, 0.1) is 0 Å². The normalized spacial score (nSPS) is 16.9. The summed E-state index contributed by atoms with van der Waals surface area (Å²) in [5.74, 6) is 1.10. The molecule has 0 atom stereocenters. The van der Waals surface area contributed by atoms with Crippen molar-refractivity contribution in [1.82, 2.24) is 9.80 Å². The van der Waals surface area contributed by atoms with E-state index in [1.54, 1.807) is 7.11 Å². The molecule has 2 aliphatic rings. The van der Waals surface area contributed by atoms with E-state index in [0.29, 0.717) is 13.2 Å². The topological polar surface area (TPSA) is 37.3 Å². The lowest BCUT2D eigenvalue weighted by Crippen LogP contribution is -2.49. The van der Waals surface area contributed by atoms with Gasteiger partial charge < -0.3 is 14.4 Å². The van der Waals surface area contributed by atoms with Gasteiger partial charge in [0.2, 0.25) is 0 Å². The van der Waals surface area contributed by atoms with Gasteiger partial charge in [0.15, 0.2) is 0 Å². The molecule has 28 heavy (non-hydrogen) atoms. The minimum Gasteiger partial charge on any atom is -0.382 e. The van der Waals surface area contributed by atoms with Crippen molar-refractivity contribution in [2.45, 2.75) is 9.79 Å². The first-order valence-electron chi connectivity index (χ1n) is 9.84. The van der Waals surface area contributed by atoms with Gasteiger partial charge in [0, 0.05) is 55.2 Å². The largest absolute Gasteiger partial charge is 0.382 e. The Kier molecular flexibility index (Phi) is 6.65. The fraction of sp³-hybridized carbons (Fsp3) is 0.409. The first kappa shape index (κ1) is 19.5. The Morgan fingerprint density at radius 2 is 1.64 bits per heavy atom. The van der Waals surface area contributed by atoms with E-state index in [2.05, 4.69) is 58.3 Å². The van der Waals surface area contributed by atoms with Gasteiger partial charge in [-0.2, -0.15) is 0 Å². The minimum absolute atomic E-state index is 0.659. The number of aliphatic imine (C=N–C) groups is 1. The van der Waals surface area contributed by atoms with Gasteiger partial charge in [0.05, 0.1) is 25.5 Å². The molecule has 4 rings (SSSR count). The highest BCUT2D eigenvalue weighted by Crippen LogP contribution is 2.40. The molecule has 148 valence electrons. The summed E-state index contributed by atoms with van der Waals surface area (Å²) in [6.07, 6.45) is 0. The van der Waals surface area contributed by atoms with Crippen LogP contribution in [0.5, 0.6) is 0 Å². The smallest absolute Gasteiger partial charge is 0.137 e. The second-order valence-electron chi connectivity index (χ2n) is 6.94. The van der Waals surface area contributed by atoms with Crippen LogP contribution in [-0.2, 0) is 9.47 Å². The van der Waals surface area contributed by atoms with Gasteiger partial charge in [-0.05, 0) is 18.2 Å². The second-order valence-corrected chi connectivity index (χ2v) is 8.02. The summed E-state index contributed by atoms with van der Waals surface area (Å²) in [6, 6.07) is 17.0. The van der Waals surface area contributed by atoms with Crippen LogP contribution in [0.2, 0.25) is 0 Å². The molecule has 0 unspecified atom stereocenters. The number of nitrogens with zero attached hydrogens (tertiary/aromatic N) is 3. The average Bonchev–Trinajstić information content (AvgIpc) is 2.91. The Balaban J connectivity index is 1.45. The van der Waals surface area contributed by atoms with E-state index in [1.165, 1.54) is 15.4 Å². The molecular weight excluding hydrogens is 370 g/mol. The number of rotatable bonds is 6. The summed E-state index contributed by atoms with van der Waals surface area (Å²) in [4.78, 5) is 12.5. The highest BCUT2D eigenvalue weighted by Gasteiger charge is 2.24. The summed E-state index contributed by atoms with van der Waals surface area (Å²) < 4.78 is 10.6. The summed E-state index contributed by atoms with van der Waals surface area (Å²) in [5.41, 5.74) is 2.30. The van der Waals surface area contributed by atoms with Gasteiger partial charge >= 0.3 is 0 Å². The number of piperazine rings is 1.